The molecule has 0 saturated heterocycles. The standard InChI is InChI=1S/C26H27N3O4/c1-33-21-15-13-20(14-16-21)18-28-24(30)22-11-5-6-12-23(22)29-26(32)25(31)27-17-7-10-19-8-3-2-4-9-19/h2-6,8-9,11-16H,7,10,17-18H2,1H3,(H,27,31)(H,28,30)(H,29,32). The van der Waals surface area contributed by atoms with Crippen molar-refractivity contribution in [2.45, 2.75) is 19.4 Å². The highest BCUT2D eigenvalue weighted by Crippen LogP contribution is 2.16. The summed E-state index contributed by atoms with van der Waals surface area (Å²) in [6.07, 6.45) is 1.52. The van der Waals surface area contributed by atoms with E-state index in [1.807, 2.05) is 54.6 Å². The third-order valence-electron chi connectivity index (χ3n) is 5.01. The molecule has 3 aromatic carbocycles. The molecule has 0 aliphatic carbocycles. The molecular formula is C26H27N3O4. The number of methoxy groups -OCH3 is 1. The molecule has 33 heavy (non-hydrogen) atoms. The number of ether oxygens (including phenoxy) is 1. The zero-order valence-corrected chi connectivity index (χ0v) is 18.5. The van der Waals surface area contributed by atoms with Crippen molar-refractivity contribution in [3.05, 3.63) is 95.6 Å². The fourth-order valence-corrected chi connectivity index (χ4v) is 3.21. The Balaban J connectivity index is 1.50. The molecule has 3 rings (SSSR count). The Hall–Kier alpha value is -4.13. The maximum atomic E-state index is 12.7. The fourth-order valence-electron chi connectivity index (χ4n) is 3.21. The van der Waals surface area contributed by atoms with Crippen molar-refractivity contribution >= 4 is 23.4 Å². The van der Waals surface area contributed by atoms with Crippen LogP contribution in [0.15, 0.2) is 78.9 Å². The van der Waals surface area contributed by atoms with Crippen LogP contribution in [0.2, 0.25) is 0 Å². The molecule has 0 radical (unpaired) electrons. The predicted molar refractivity (Wildman–Crippen MR) is 127 cm³/mol. The highest BCUT2D eigenvalue weighted by molar-refractivity contribution is 6.40. The van der Waals surface area contributed by atoms with Gasteiger partial charge in [-0.25, -0.2) is 0 Å². The number of rotatable bonds is 9. The molecule has 3 amide bonds. The van der Waals surface area contributed by atoms with Crippen LogP contribution in [0.1, 0.15) is 27.9 Å². The topological polar surface area (TPSA) is 96.5 Å². The Labute approximate surface area is 193 Å². The second-order valence-corrected chi connectivity index (χ2v) is 7.38. The summed E-state index contributed by atoms with van der Waals surface area (Å²) in [5, 5.41) is 7.97. The van der Waals surface area contributed by atoms with Crippen LogP contribution >= 0.6 is 0 Å². The molecule has 0 saturated carbocycles. The number of nitrogens with one attached hydrogen (secondary N) is 3. The number of amides is 3. The Morgan fingerprint density at radius 2 is 1.45 bits per heavy atom. The van der Waals surface area contributed by atoms with Crippen molar-refractivity contribution in [3.63, 3.8) is 0 Å². The maximum Gasteiger partial charge on any atom is 0.313 e. The van der Waals surface area contributed by atoms with E-state index in [2.05, 4.69) is 16.0 Å². The summed E-state index contributed by atoms with van der Waals surface area (Å²) in [5.74, 6) is -1.18. The van der Waals surface area contributed by atoms with Gasteiger partial charge < -0.3 is 20.7 Å². The van der Waals surface area contributed by atoms with Crippen molar-refractivity contribution < 1.29 is 19.1 Å². The van der Waals surface area contributed by atoms with E-state index in [1.54, 1.807) is 31.4 Å². The van der Waals surface area contributed by atoms with Crippen LogP contribution < -0.4 is 20.7 Å². The average Bonchev–Trinajstić information content (AvgIpc) is 2.86. The minimum atomic E-state index is -0.815. The van der Waals surface area contributed by atoms with Crippen molar-refractivity contribution in [1.29, 1.82) is 0 Å². The van der Waals surface area contributed by atoms with Gasteiger partial charge in [0.05, 0.1) is 18.4 Å². The molecule has 0 aliphatic heterocycles. The van der Waals surface area contributed by atoms with Gasteiger partial charge in [-0.15, -0.1) is 0 Å². The summed E-state index contributed by atoms with van der Waals surface area (Å²) in [6.45, 7) is 0.693. The molecule has 170 valence electrons. The number of para-hydroxylation sites is 1. The van der Waals surface area contributed by atoms with Gasteiger partial charge in [-0.3, -0.25) is 14.4 Å². The van der Waals surface area contributed by atoms with Crippen LogP contribution in [-0.4, -0.2) is 31.4 Å². The fraction of sp³-hybridized carbons (Fsp3) is 0.192. The van der Waals surface area contributed by atoms with E-state index < -0.39 is 11.8 Å². The van der Waals surface area contributed by atoms with Crippen molar-refractivity contribution in [1.82, 2.24) is 10.6 Å². The Morgan fingerprint density at radius 3 is 2.18 bits per heavy atom. The number of hydrogen-bond donors (Lipinski definition) is 3. The third-order valence-corrected chi connectivity index (χ3v) is 5.01. The molecule has 0 bridgehead atoms. The molecule has 0 unspecified atom stereocenters. The van der Waals surface area contributed by atoms with Gasteiger partial charge >= 0.3 is 11.8 Å². The first-order chi connectivity index (χ1) is 16.1. The van der Waals surface area contributed by atoms with E-state index in [0.717, 1.165) is 17.7 Å². The average molecular weight is 446 g/mol. The lowest BCUT2D eigenvalue weighted by Gasteiger charge is -2.12. The van der Waals surface area contributed by atoms with Gasteiger partial charge in [0.25, 0.3) is 5.91 Å². The second-order valence-electron chi connectivity index (χ2n) is 7.38. The van der Waals surface area contributed by atoms with E-state index in [1.165, 1.54) is 5.56 Å². The largest absolute Gasteiger partial charge is 0.497 e. The molecule has 0 heterocycles. The SMILES string of the molecule is COc1ccc(CNC(=O)c2ccccc2NC(=O)C(=O)NCCCc2ccccc2)cc1. The number of carbonyl (C=O) groups is 3. The highest BCUT2D eigenvalue weighted by atomic mass is 16.5. The molecule has 0 aromatic heterocycles. The summed E-state index contributed by atoms with van der Waals surface area (Å²) in [7, 11) is 1.59. The maximum absolute atomic E-state index is 12.7. The molecule has 0 atom stereocenters. The summed E-state index contributed by atoms with van der Waals surface area (Å²) < 4.78 is 5.13. The zero-order valence-electron chi connectivity index (χ0n) is 18.5. The number of benzene rings is 3. The normalized spacial score (nSPS) is 10.2. The lowest BCUT2D eigenvalue weighted by molar-refractivity contribution is -0.136. The van der Waals surface area contributed by atoms with Gasteiger partial charge in [-0.2, -0.15) is 0 Å². The monoisotopic (exact) mass is 445 g/mol. The van der Waals surface area contributed by atoms with Crippen molar-refractivity contribution in [3.8, 4) is 5.75 Å². The van der Waals surface area contributed by atoms with Crippen LogP contribution in [0.25, 0.3) is 0 Å². The van der Waals surface area contributed by atoms with Crippen LogP contribution in [0.3, 0.4) is 0 Å². The zero-order chi connectivity index (χ0) is 23.5. The Morgan fingerprint density at radius 1 is 0.758 bits per heavy atom. The summed E-state index contributed by atoms with van der Waals surface area (Å²) in [5.41, 5.74) is 2.62. The summed E-state index contributed by atoms with van der Waals surface area (Å²) in [6, 6.07) is 23.8. The predicted octanol–water partition coefficient (Wildman–Crippen LogP) is 3.31. The second kappa shape index (κ2) is 12.0. The van der Waals surface area contributed by atoms with Crippen LogP contribution in [-0.2, 0) is 22.6 Å². The number of hydrogen-bond acceptors (Lipinski definition) is 4. The molecule has 0 spiro atoms. The first kappa shape index (κ1) is 23.5. The van der Waals surface area contributed by atoms with Gasteiger partial charge in [-0.05, 0) is 48.2 Å². The van der Waals surface area contributed by atoms with Crippen LogP contribution in [0, 0.1) is 0 Å². The van der Waals surface area contributed by atoms with Crippen LogP contribution in [0.4, 0.5) is 5.69 Å². The summed E-state index contributed by atoms with van der Waals surface area (Å²) in [4.78, 5) is 37.2. The van der Waals surface area contributed by atoms with Gasteiger partial charge in [0.2, 0.25) is 0 Å². The molecule has 0 aliphatic rings. The number of aryl methyl sites for hydroxylation is 1. The lowest BCUT2D eigenvalue weighted by atomic mass is 10.1. The Bertz CT molecular complexity index is 1080. The quantitative estimate of drug-likeness (QED) is 0.348. The van der Waals surface area contributed by atoms with Gasteiger partial charge in [-0.1, -0.05) is 54.6 Å². The first-order valence-electron chi connectivity index (χ1n) is 10.7. The van der Waals surface area contributed by atoms with E-state index in [0.29, 0.717) is 19.5 Å². The minimum Gasteiger partial charge on any atom is -0.497 e. The molecule has 0 fully saturated rings. The van der Waals surface area contributed by atoms with Gasteiger partial charge in [0.1, 0.15) is 5.75 Å². The van der Waals surface area contributed by atoms with Crippen LogP contribution in [0.5, 0.6) is 5.75 Å². The summed E-state index contributed by atoms with van der Waals surface area (Å²) >= 11 is 0. The van der Waals surface area contributed by atoms with Gasteiger partial charge in [0, 0.05) is 13.1 Å². The van der Waals surface area contributed by atoms with E-state index in [-0.39, 0.29) is 17.2 Å². The van der Waals surface area contributed by atoms with Crippen molar-refractivity contribution in [2.75, 3.05) is 19.0 Å². The highest BCUT2D eigenvalue weighted by Gasteiger charge is 2.17. The molecule has 3 N–H and O–H groups in total. The molecule has 3 aromatic rings. The van der Waals surface area contributed by atoms with E-state index >= 15 is 0 Å². The van der Waals surface area contributed by atoms with Gasteiger partial charge in [0.15, 0.2) is 0 Å². The Kier molecular flexibility index (Phi) is 8.59. The third kappa shape index (κ3) is 7.21. The molecule has 7 heteroatoms. The van der Waals surface area contributed by atoms with E-state index in [9.17, 15) is 14.4 Å². The lowest BCUT2D eigenvalue weighted by Crippen LogP contribution is -2.36. The minimum absolute atomic E-state index is 0.272. The van der Waals surface area contributed by atoms with E-state index in [4.69, 9.17) is 4.74 Å². The van der Waals surface area contributed by atoms with Crippen molar-refractivity contribution in [2.24, 2.45) is 0 Å². The molecular weight excluding hydrogens is 418 g/mol. The molecule has 7 nitrogen and oxygen atoms in total. The number of carbonyl (C=O) groups excluding carboxylic acids is 3. The smallest absolute Gasteiger partial charge is 0.313 e. The number of anilines is 1. The first-order valence-corrected chi connectivity index (χ1v) is 10.7.